The molecule has 4 heterocycles. The van der Waals surface area contributed by atoms with Gasteiger partial charge in [-0.3, -0.25) is 19.2 Å². The van der Waals surface area contributed by atoms with Gasteiger partial charge in [0.15, 0.2) is 11.2 Å². The number of aryl methyl sites for hydroxylation is 2. The number of likely N-dealkylation sites (tertiary alicyclic amines) is 1. The topological polar surface area (TPSA) is 88.8 Å². The molecule has 0 radical (unpaired) electrons. The number of benzene rings is 1. The van der Waals surface area contributed by atoms with Crippen molar-refractivity contribution in [2.45, 2.75) is 71.6 Å². The first kappa shape index (κ1) is 22.0. The number of rotatable bonds is 7. The summed E-state index contributed by atoms with van der Waals surface area (Å²) in [6, 6.07) is 8.52. The summed E-state index contributed by atoms with van der Waals surface area (Å²) < 4.78 is 4.81. The molecule has 1 aliphatic rings. The lowest BCUT2D eigenvalue weighted by Gasteiger charge is -2.34. The number of imidazole rings is 1. The summed E-state index contributed by atoms with van der Waals surface area (Å²) in [7, 11) is 0. The van der Waals surface area contributed by atoms with Gasteiger partial charge in [0.25, 0.3) is 5.56 Å². The molecule has 0 bridgehead atoms. The number of aromatic amines is 1. The summed E-state index contributed by atoms with van der Waals surface area (Å²) in [6.07, 6.45) is 5.20. The lowest BCUT2D eigenvalue weighted by molar-refractivity contribution is 0.135. The van der Waals surface area contributed by atoms with Gasteiger partial charge in [-0.05, 0) is 44.9 Å². The predicted molar refractivity (Wildman–Crippen MR) is 132 cm³/mol. The van der Waals surface area contributed by atoms with Gasteiger partial charge >= 0.3 is 5.69 Å². The van der Waals surface area contributed by atoms with Crippen molar-refractivity contribution in [1.82, 2.24) is 29.0 Å². The van der Waals surface area contributed by atoms with E-state index in [1.165, 1.54) is 11.1 Å². The summed E-state index contributed by atoms with van der Waals surface area (Å²) in [6.45, 7) is 6.88. The van der Waals surface area contributed by atoms with Gasteiger partial charge in [-0.25, -0.2) is 14.8 Å². The standard InChI is InChI=1S/C24H30N6O2S/c1-3-5-14-30-21-20(22(31)27-24(30)32)29(4-2)19(26-21)15-28-13-9-8-11-17(28)23-25-16-10-6-7-12-18(16)33-23/h6-7,10,12,17H,3-5,8-9,11,13-15H2,1-2H3,(H,27,31,32). The van der Waals surface area contributed by atoms with Crippen LogP contribution in [0.3, 0.4) is 0 Å². The highest BCUT2D eigenvalue weighted by Gasteiger charge is 2.29. The molecule has 1 aromatic carbocycles. The van der Waals surface area contributed by atoms with Crippen LogP contribution in [0.25, 0.3) is 21.4 Å². The summed E-state index contributed by atoms with van der Waals surface area (Å²) in [4.78, 5) is 40.0. The van der Waals surface area contributed by atoms with Crippen LogP contribution in [0.1, 0.15) is 62.8 Å². The van der Waals surface area contributed by atoms with Crippen LogP contribution in [0.4, 0.5) is 0 Å². The van der Waals surface area contributed by atoms with Crippen molar-refractivity contribution in [2.24, 2.45) is 0 Å². The van der Waals surface area contributed by atoms with Gasteiger partial charge in [0.05, 0.1) is 22.8 Å². The highest BCUT2D eigenvalue weighted by atomic mass is 32.1. The Labute approximate surface area is 195 Å². The number of H-pyrrole nitrogens is 1. The van der Waals surface area contributed by atoms with E-state index in [-0.39, 0.29) is 17.3 Å². The molecule has 174 valence electrons. The molecule has 0 spiro atoms. The molecular weight excluding hydrogens is 436 g/mol. The molecule has 1 saturated heterocycles. The number of piperidine rings is 1. The molecule has 1 aliphatic heterocycles. The number of para-hydroxylation sites is 1. The van der Waals surface area contributed by atoms with E-state index < -0.39 is 0 Å². The first-order valence-electron chi connectivity index (χ1n) is 11.9. The maximum absolute atomic E-state index is 12.7. The van der Waals surface area contributed by atoms with Crippen molar-refractivity contribution >= 4 is 32.7 Å². The van der Waals surface area contributed by atoms with Gasteiger partial charge in [0, 0.05) is 13.1 Å². The van der Waals surface area contributed by atoms with Gasteiger partial charge in [-0.15, -0.1) is 11.3 Å². The minimum absolute atomic E-state index is 0.238. The molecule has 0 aliphatic carbocycles. The second-order valence-electron chi connectivity index (χ2n) is 8.71. The van der Waals surface area contributed by atoms with Crippen molar-refractivity contribution in [2.75, 3.05) is 6.54 Å². The number of thiazole rings is 1. The van der Waals surface area contributed by atoms with Crippen LogP contribution >= 0.6 is 11.3 Å². The molecule has 8 nitrogen and oxygen atoms in total. The fourth-order valence-electron chi connectivity index (χ4n) is 4.88. The van der Waals surface area contributed by atoms with Crippen molar-refractivity contribution in [3.05, 3.63) is 55.9 Å². The molecule has 0 saturated carbocycles. The third kappa shape index (κ3) is 4.04. The lowest BCUT2D eigenvalue weighted by Crippen LogP contribution is -2.34. The van der Waals surface area contributed by atoms with Gasteiger partial charge in [-0.1, -0.05) is 31.9 Å². The Hall–Kier alpha value is -2.78. The second-order valence-corrected chi connectivity index (χ2v) is 9.77. The molecule has 1 unspecified atom stereocenters. The highest BCUT2D eigenvalue weighted by Crippen LogP contribution is 2.36. The fourth-order valence-corrected chi connectivity index (χ4v) is 6.01. The molecule has 4 aromatic rings. The maximum Gasteiger partial charge on any atom is 0.330 e. The van der Waals surface area contributed by atoms with E-state index in [1.54, 1.807) is 15.9 Å². The third-order valence-corrected chi connectivity index (χ3v) is 7.71. The lowest BCUT2D eigenvalue weighted by atomic mass is 10.0. The molecule has 1 fully saturated rings. The third-order valence-electron chi connectivity index (χ3n) is 6.57. The molecular formula is C24H30N6O2S. The predicted octanol–water partition coefficient (Wildman–Crippen LogP) is 4.04. The van der Waals surface area contributed by atoms with E-state index in [1.807, 2.05) is 17.6 Å². The molecule has 0 amide bonds. The largest absolute Gasteiger partial charge is 0.330 e. The van der Waals surface area contributed by atoms with E-state index in [2.05, 4.69) is 35.0 Å². The van der Waals surface area contributed by atoms with Crippen LogP contribution < -0.4 is 11.2 Å². The monoisotopic (exact) mass is 466 g/mol. The second kappa shape index (κ2) is 9.23. The highest BCUT2D eigenvalue weighted by molar-refractivity contribution is 7.18. The van der Waals surface area contributed by atoms with E-state index in [4.69, 9.17) is 9.97 Å². The summed E-state index contributed by atoms with van der Waals surface area (Å²) >= 11 is 1.77. The Kier molecular flexibility index (Phi) is 6.16. The molecule has 1 N–H and O–H groups in total. The van der Waals surface area contributed by atoms with E-state index >= 15 is 0 Å². The molecule has 1 atom stereocenters. The van der Waals surface area contributed by atoms with Gasteiger partial charge in [-0.2, -0.15) is 0 Å². The molecule has 33 heavy (non-hydrogen) atoms. The zero-order valence-corrected chi connectivity index (χ0v) is 20.0. The van der Waals surface area contributed by atoms with Crippen LogP contribution in [0, 0.1) is 0 Å². The van der Waals surface area contributed by atoms with Crippen molar-refractivity contribution < 1.29 is 0 Å². The number of fused-ring (bicyclic) bond motifs is 2. The minimum Gasteiger partial charge on any atom is -0.321 e. The van der Waals surface area contributed by atoms with Crippen molar-refractivity contribution in [1.29, 1.82) is 0 Å². The van der Waals surface area contributed by atoms with Crippen LogP contribution in [0.2, 0.25) is 0 Å². The summed E-state index contributed by atoms with van der Waals surface area (Å²) in [5.74, 6) is 0.835. The Morgan fingerprint density at radius 3 is 2.76 bits per heavy atom. The van der Waals surface area contributed by atoms with Crippen LogP contribution in [0.15, 0.2) is 33.9 Å². The van der Waals surface area contributed by atoms with Crippen molar-refractivity contribution in [3.8, 4) is 0 Å². The van der Waals surface area contributed by atoms with Gasteiger partial charge in [0.1, 0.15) is 10.8 Å². The van der Waals surface area contributed by atoms with E-state index in [0.29, 0.717) is 30.8 Å². The van der Waals surface area contributed by atoms with Crippen molar-refractivity contribution in [3.63, 3.8) is 0 Å². The molecule has 3 aromatic heterocycles. The van der Waals surface area contributed by atoms with Crippen LogP contribution in [0.5, 0.6) is 0 Å². The zero-order chi connectivity index (χ0) is 22.9. The number of nitrogens with zero attached hydrogens (tertiary/aromatic N) is 5. The Balaban J connectivity index is 1.54. The smallest absolute Gasteiger partial charge is 0.321 e. The van der Waals surface area contributed by atoms with Gasteiger partial charge < -0.3 is 4.57 Å². The number of hydrogen-bond donors (Lipinski definition) is 1. The van der Waals surface area contributed by atoms with Crippen LogP contribution in [-0.4, -0.2) is 35.5 Å². The molecule has 5 rings (SSSR count). The van der Waals surface area contributed by atoms with Gasteiger partial charge in [0.2, 0.25) is 0 Å². The maximum atomic E-state index is 12.7. The quantitative estimate of drug-likeness (QED) is 0.444. The minimum atomic E-state index is -0.376. The van der Waals surface area contributed by atoms with E-state index in [9.17, 15) is 9.59 Å². The van der Waals surface area contributed by atoms with E-state index in [0.717, 1.165) is 48.6 Å². The zero-order valence-electron chi connectivity index (χ0n) is 19.2. The Morgan fingerprint density at radius 2 is 1.97 bits per heavy atom. The fraction of sp³-hybridized carbons (Fsp3) is 0.500. The van der Waals surface area contributed by atoms with Crippen LogP contribution in [-0.2, 0) is 19.6 Å². The number of nitrogens with one attached hydrogen (secondary N) is 1. The normalized spacial score (nSPS) is 17.3. The first-order valence-corrected chi connectivity index (χ1v) is 12.7. The first-order chi connectivity index (χ1) is 16.1. The Bertz CT molecular complexity index is 1360. The average molecular weight is 467 g/mol. The summed E-state index contributed by atoms with van der Waals surface area (Å²) in [5, 5.41) is 1.15. The Morgan fingerprint density at radius 1 is 1.12 bits per heavy atom. The number of unbranched alkanes of at least 4 members (excludes halogenated alkanes) is 1. The SMILES string of the molecule is CCCCn1c(=O)[nH]c(=O)c2c1nc(CN1CCCCC1c1nc3ccccc3s1)n2CC. The average Bonchev–Trinajstić information content (AvgIpc) is 3.41. The molecule has 9 heteroatoms. The summed E-state index contributed by atoms with van der Waals surface area (Å²) in [5.41, 5.74) is 1.32. The number of hydrogen-bond acceptors (Lipinski definition) is 6. The number of aromatic nitrogens is 5.